The Morgan fingerprint density at radius 1 is 1.10 bits per heavy atom. The summed E-state index contributed by atoms with van der Waals surface area (Å²) in [7, 11) is 2.25. The van der Waals surface area contributed by atoms with Crippen LogP contribution in [0, 0.1) is 0 Å². The van der Waals surface area contributed by atoms with Gasteiger partial charge in [0.1, 0.15) is 5.75 Å². The van der Waals surface area contributed by atoms with E-state index in [1.807, 2.05) is 0 Å². The molecule has 1 aliphatic rings. The molecule has 160 valence electrons. The van der Waals surface area contributed by atoms with Gasteiger partial charge in [0.2, 0.25) is 10.0 Å². The first kappa shape index (κ1) is 22.1. The van der Waals surface area contributed by atoms with E-state index in [0.29, 0.717) is 11.4 Å². The Morgan fingerprint density at radius 3 is 2.40 bits per heavy atom. The minimum Gasteiger partial charge on any atom is -0.476 e. The number of carbonyl (C=O) groups excluding carboxylic acids is 2. The molecule has 10 heteroatoms. The molecule has 1 aliphatic heterocycles. The number of rotatable bonds is 4. The Morgan fingerprint density at radius 2 is 1.77 bits per heavy atom. The maximum Gasteiger partial charge on any atom is 0.265 e. The third-order valence-corrected chi connectivity index (χ3v) is 6.82. The quantitative estimate of drug-likeness (QED) is 0.710. The number of amides is 2. The molecule has 2 aromatic rings. The minimum atomic E-state index is -3.76. The first-order valence-corrected chi connectivity index (χ1v) is 10.9. The number of para-hydroxylation sites is 2. The standard InChI is InChI=1S/C20H22ClN3O5S/c1-22(2)20(26)18-12-24(16-7-5-6-8-17(16)29-18)19(25)14-11-13(9-10-15(14)21)30(27,28)23(3)4/h5-11,18H,12H2,1-4H3/t18-/m0/s1. The Hall–Kier alpha value is -2.62. The van der Waals surface area contributed by atoms with Crippen LogP contribution in [-0.4, -0.2) is 70.3 Å². The Balaban J connectivity index is 2.07. The number of benzene rings is 2. The molecule has 0 saturated heterocycles. The third-order valence-electron chi connectivity index (χ3n) is 4.68. The van der Waals surface area contributed by atoms with Crippen molar-refractivity contribution in [2.24, 2.45) is 0 Å². The maximum atomic E-state index is 13.4. The van der Waals surface area contributed by atoms with Gasteiger partial charge in [-0.2, -0.15) is 0 Å². The van der Waals surface area contributed by atoms with Crippen LogP contribution in [0.4, 0.5) is 5.69 Å². The van der Waals surface area contributed by atoms with E-state index in [9.17, 15) is 18.0 Å². The molecule has 3 rings (SSSR count). The van der Waals surface area contributed by atoms with Crippen LogP contribution in [0.1, 0.15) is 10.4 Å². The predicted molar refractivity (Wildman–Crippen MR) is 114 cm³/mol. The number of hydrogen-bond donors (Lipinski definition) is 0. The SMILES string of the molecule is CN(C)C(=O)[C@@H]1CN(C(=O)c2cc(S(=O)(=O)N(C)C)ccc2Cl)c2ccccc2O1. The van der Waals surface area contributed by atoms with Gasteiger partial charge >= 0.3 is 0 Å². The van der Waals surface area contributed by atoms with Crippen molar-refractivity contribution in [3.63, 3.8) is 0 Å². The van der Waals surface area contributed by atoms with Gasteiger partial charge in [-0.05, 0) is 30.3 Å². The summed E-state index contributed by atoms with van der Waals surface area (Å²) in [5.41, 5.74) is 0.495. The van der Waals surface area contributed by atoms with E-state index in [2.05, 4.69) is 0 Å². The molecule has 1 atom stereocenters. The van der Waals surface area contributed by atoms with Crippen LogP contribution in [0.3, 0.4) is 0 Å². The van der Waals surface area contributed by atoms with Crippen molar-refractivity contribution in [1.29, 1.82) is 0 Å². The van der Waals surface area contributed by atoms with Gasteiger partial charge in [0, 0.05) is 28.2 Å². The first-order chi connectivity index (χ1) is 14.0. The van der Waals surface area contributed by atoms with Crippen LogP contribution in [0.25, 0.3) is 0 Å². The average Bonchev–Trinajstić information content (AvgIpc) is 2.71. The van der Waals surface area contributed by atoms with E-state index < -0.39 is 22.0 Å². The molecule has 0 radical (unpaired) electrons. The molecule has 0 bridgehead atoms. The Labute approximate surface area is 180 Å². The smallest absolute Gasteiger partial charge is 0.265 e. The molecule has 0 aliphatic carbocycles. The summed E-state index contributed by atoms with van der Waals surface area (Å²) >= 11 is 6.25. The van der Waals surface area contributed by atoms with E-state index in [4.69, 9.17) is 16.3 Å². The summed E-state index contributed by atoms with van der Waals surface area (Å²) in [6.45, 7) is -0.0339. The van der Waals surface area contributed by atoms with E-state index >= 15 is 0 Å². The number of fused-ring (bicyclic) bond motifs is 1. The predicted octanol–water partition coefficient (Wildman–Crippen LogP) is 2.09. The highest BCUT2D eigenvalue weighted by molar-refractivity contribution is 7.89. The summed E-state index contributed by atoms with van der Waals surface area (Å²) in [5.74, 6) is -0.439. The molecule has 2 aromatic carbocycles. The number of anilines is 1. The monoisotopic (exact) mass is 451 g/mol. The van der Waals surface area contributed by atoms with E-state index in [1.54, 1.807) is 38.4 Å². The molecule has 0 aromatic heterocycles. The zero-order valence-corrected chi connectivity index (χ0v) is 18.6. The molecule has 2 amide bonds. The fraction of sp³-hybridized carbons (Fsp3) is 0.300. The van der Waals surface area contributed by atoms with Crippen LogP contribution < -0.4 is 9.64 Å². The van der Waals surface area contributed by atoms with Crippen molar-refractivity contribution in [3.8, 4) is 5.75 Å². The Kier molecular flexibility index (Phi) is 6.07. The fourth-order valence-electron chi connectivity index (χ4n) is 3.03. The van der Waals surface area contributed by atoms with Crippen molar-refractivity contribution in [2.75, 3.05) is 39.6 Å². The normalized spacial score (nSPS) is 16.1. The van der Waals surface area contributed by atoms with Gasteiger partial charge in [0.25, 0.3) is 11.8 Å². The molecule has 0 N–H and O–H groups in total. The van der Waals surface area contributed by atoms with Gasteiger partial charge in [0.05, 0.1) is 27.7 Å². The lowest BCUT2D eigenvalue weighted by Crippen LogP contribution is -2.50. The molecule has 30 heavy (non-hydrogen) atoms. The average molecular weight is 452 g/mol. The number of nitrogens with zero attached hydrogens (tertiary/aromatic N) is 3. The van der Waals surface area contributed by atoms with Gasteiger partial charge in [-0.1, -0.05) is 23.7 Å². The largest absolute Gasteiger partial charge is 0.476 e. The van der Waals surface area contributed by atoms with Crippen LogP contribution in [0.15, 0.2) is 47.4 Å². The summed E-state index contributed by atoms with van der Waals surface area (Å²) < 4.78 is 31.8. The second-order valence-electron chi connectivity index (χ2n) is 7.15. The van der Waals surface area contributed by atoms with Gasteiger partial charge in [-0.25, -0.2) is 12.7 Å². The van der Waals surface area contributed by atoms with E-state index in [-0.39, 0.29) is 27.9 Å². The second-order valence-corrected chi connectivity index (χ2v) is 9.71. The van der Waals surface area contributed by atoms with Crippen LogP contribution >= 0.6 is 11.6 Å². The van der Waals surface area contributed by atoms with Crippen molar-refractivity contribution in [3.05, 3.63) is 53.1 Å². The van der Waals surface area contributed by atoms with E-state index in [0.717, 1.165) is 4.31 Å². The topological polar surface area (TPSA) is 87.2 Å². The number of carbonyl (C=O) groups is 2. The molecule has 0 saturated carbocycles. The minimum absolute atomic E-state index is 0.0207. The number of likely N-dealkylation sites (N-methyl/N-ethyl adjacent to an activating group) is 1. The summed E-state index contributed by atoms with van der Waals surface area (Å²) in [4.78, 5) is 28.6. The molecular weight excluding hydrogens is 430 g/mol. The molecule has 8 nitrogen and oxygen atoms in total. The molecule has 1 heterocycles. The highest BCUT2D eigenvalue weighted by Gasteiger charge is 2.35. The van der Waals surface area contributed by atoms with Gasteiger partial charge in [-0.15, -0.1) is 0 Å². The van der Waals surface area contributed by atoms with Crippen molar-refractivity contribution >= 4 is 39.1 Å². The number of hydrogen-bond acceptors (Lipinski definition) is 5. The summed E-state index contributed by atoms with van der Waals surface area (Å²) in [6.07, 6.45) is -0.897. The van der Waals surface area contributed by atoms with Gasteiger partial charge < -0.3 is 14.5 Å². The van der Waals surface area contributed by atoms with Crippen LogP contribution in [0.5, 0.6) is 5.75 Å². The fourth-order valence-corrected chi connectivity index (χ4v) is 4.16. The third kappa shape index (κ3) is 4.00. The lowest BCUT2D eigenvalue weighted by molar-refractivity contribution is -0.135. The zero-order chi connectivity index (χ0) is 22.2. The van der Waals surface area contributed by atoms with Gasteiger partial charge in [-0.3, -0.25) is 9.59 Å². The van der Waals surface area contributed by atoms with Crippen molar-refractivity contribution in [2.45, 2.75) is 11.0 Å². The van der Waals surface area contributed by atoms with Crippen molar-refractivity contribution in [1.82, 2.24) is 9.21 Å². The molecule has 0 unspecified atom stereocenters. The van der Waals surface area contributed by atoms with Crippen LogP contribution in [0.2, 0.25) is 5.02 Å². The lowest BCUT2D eigenvalue weighted by atomic mass is 10.1. The highest BCUT2D eigenvalue weighted by Crippen LogP contribution is 2.35. The maximum absolute atomic E-state index is 13.4. The summed E-state index contributed by atoms with van der Waals surface area (Å²) in [6, 6.07) is 10.8. The van der Waals surface area contributed by atoms with Gasteiger partial charge in [0.15, 0.2) is 6.10 Å². The van der Waals surface area contributed by atoms with Crippen LogP contribution in [-0.2, 0) is 14.8 Å². The first-order valence-electron chi connectivity index (χ1n) is 9.05. The highest BCUT2D eigenvalue weighted by atomic mass is 35.5. The zero-order valence-electron chi connectivity index (χ0n) is 17.0. The molecule has 0 fully saturated rings. The summed E-state index contributed by atoms with van der Waals surface area (Å²) in [5, 5.41) is 0.108. The van der Waals surface area contributed by atoms with Crippen molar-refractivity contribution < 1.29 is 22.7 Å². The number of ether oxygens (including phenoxy) is 1. The Bertz CT molecular complexity index is 1100. The second kappa shape index (κ2) is 8.25. The number of halogens is 1. The molecular formula is C20H22ClN3O5S. The number of sulfonamides is 1. The molecule has 0 spiro atoms. The van der Waals surface area contributed by atoms with E-state index in [1.165, 1.54) is 42.1 Å². The lowest BCUT2D eigenvalue weighted by Gasteiger charge is -2.35.